The molecule has 0 radical (unpaired) electrons. The van der Waals surface area contributed by atoms with Crippen LogP contribution in [0.25, 0.3) is 0 Å². The van der Waals surface area contributed by atoms with Crippen LogP contribution in [-0.2, 0) is 32.0 Å². The van der Waals surface area contributed by atoms with Crippen LogP contribution in [0.5, 0.6) is 0 Å². The van der Waals surface area contributed by atoms with Crippen molar-refractivity contribution in [1.29, 1.82) is 0 Å². The summed E-state index contributed by atoms with van der Waals surface area (Å²) in [7, 11) is 2.92. The Kier molecular flexibility index (Phi) is 6.72. The van der Waals surface area contributed by atoms with Crippen LogP contribution in [0.4, 0.5) is 0 Å². The molecule has 0 fully saturated rings. The number of hydrogen-bond acceptors (Lipinski definition) is 5. The zero-order valence-electron chi connectivity index (χ0n) is 11.0. The minimum absolute atomic E-state index is 0.0229. The summed E-state index contributed by atoms with van der Waals surface area (Å²) in [5.41, 5.74) is 0.798. The van der Waals surface area contributed by atoms with Crippen LogP contribution >= 0.6 is 15.9 Å². The summed E-state index contributed by atoms with van der Waals surface area (Å²) in [5, 5.41) is 4.16. The van der Waals surface area contributed by atoms with E-state index in [-0.39, 0.29) is 31.0 Å². The molecule has 0 bridgehead atoms. The minimum Gasteiger partial charge on any atom is -0.469 e. The number of esters is 1. The van der Waals surface area contributed by atoms with Crippen LogP contribution in [0.2, 0.25) is 0 Å². The van der Waals surface area contributed by atoms with Gasteiger partial charge in [0.1, 0.15) is 5.78 Å². The molecule has 1 aromatic heterocycles. The molecule has 0 aliphatic heterocycles. The first kappa shape index (κ1) is 15.8. The van der Waals surface area contributed by atoms with Crippen molar-refractivity contribution in [2.75, 3.05) is 20.8 Å². The number of carbonyl (C=O) groups excluding carboxylic acids is 2. The van der Waals surface area contributed by atoms with Crippen molar-refractivity contribution >= 4 is 27.7 Å². The molecule has 0 N–H and O–H groups in total. The van der Waals surface area contributed by atoms with Crippen LogP contribution in [0.15, 0.2) is 10.7 Å². The van der Waals surface area contributed by atoms with Gasteiger partial charge in [-0.1, -0.05) is 0 Å². The van der Waals surface area contributed by atoms with Crippen molar-refractivity contribution in [3.63, 3.8) is 0 Å². The molecule has 1 rings (SSSR count). The summed E-state index contributed by atoms with van der Waals surface area (Å²) in [6.07, 6.45) is 2.17. The number of carbonyl (C=O) groups is 2. The molecule has 19 heavy (non-hydrogen) atoms. The minimum atomic E-state index is -0.375. The van der Waals surface area contributed by atoms with E-state index < -0.39 is 0 Å². The molecule has 0 atom stereocenters. The van der Waals surface area contributed by atoms with Crippen molar-refractivity contribution < 1.29 is 19.1 Å². The number of ether oxygens (including phenoxy) is 2. The van der Waals surface area contributed by atoms with Gasteiger partial charge < -0.3 is 9.47 Å². The molecule has 0 unspecified atom stereocenters. The number of rotatable bonds is 8. The van der Waals surface area contributed by atoms with Gasteiger partial charge in [-0.3, -0.25) is 14.3 Å². The molecule has 6 nitrogen and oxygen atoms in total. The second-order valence-electron chi connectivity index (χ2n) is 3.95. The number of aromatic nitrogens is 2. The molecule has 1 heterocycles. The maximum absolute atomic E-state index is 11.8. The lowest BCUT2D eigenvalue weighted by molar-refractivity contribution is -0.141. The number of methoxy groups -OCH3 is 2. The van der Waals surface area contributed by atoms with Gasteiger partial charge in [0, 0.05) is 20.0 Å². The van der Waals surface area contributed by atoms with Crippen molar-refractivity contribution in [2.24, 2.45) is 0 Å². The Labute approximate surface area is 120 Å². The number of nitrogens with zero attached hydrogens (tertiary/aromatic N) is 2. The quantitative estimate of drug-likeness (QED) is 0.672. The lowest BCUT2D eigenvalue weighted by Gasteiger charge is -2.07. The lowest BCUT2D eigenvalue weighted by atomic mass is 10.1. The fourth-order valence-corrected chi connectivity index (χ4v) is 1.99. The normalized spacial score (nSPS) is 10.5. The summed E-state index contributed by atoms with van der Waals surface area (Å²) in [6, 6.07) is 0. The molecular formula is C12H17BrN2O4. The van der Waals surface area contributed by atoms with E-state index in [1.807, 2.05) is 0 Å². The molecule has 0 amide bonds. The molecule has 1 aromatic rings. The van der Waals surface area contributed by atoms with Gasteiger partial charge >= 0.3 is 5.97 Å². The Morgan fingerprint density at radius 3 is 2.74 bits per heavy atom. The average Bonchev–Trinajstić information content (AvgIpc) is 2.75. The van der Waals surface area contributed by atoms with Crippen molar-refractivity contribution in [1.82, 2.24) is 9.78 Å². The molecule has 0 aliphatic carbocycles. The molecule has 7 heteroatoms. The summed E-state index contributed by atoms with van der Waals surface area (Å²) >= 11 is 3.36. The second-order valence-corrected chi connectivity index (χ2v) is 4.80. The number of Topliss-reactive ketones (excluding diaryl/α,β-unsaturated/α-hetero) is 1. The van der Waals surface area contributed by atoms with Crippen molar-refractivity contribution in [3.8, 4) is 0 Å². The van der Waals surface area contributed by atoms with Gasteiger partial charge in [0.2, 0.25) is 0 Å². The highest BCUT2D eigenvalue weighted by atomic mass is 79.9. The van der Waals surface area contributed by atoms with Gasteiger partial charge in [0.25, 0.3) is 0 Å². The predicted octanol–water partition coefficient (Wildman–Crippen LogP) is 1.36. The van der Waals surface area contributed by atoms with Crippen LogP contribution in [-0.4, -0.2) is 42.4 Å². The average molecular weight is 333 g/mol. The maximum Gasteiger partial charge on any atom is 0.305 e. The fourth-order valence-electron chi connectivity index (χ4n) is 1.55. The van der Waals surface area contributed by atoms with E-state index >= 15 is 0 Å². The van der Waals surface area contributed by atoms with Crippen molar-refractivity contribution in [3.05, 3.63) is 16.4 Å². The number of ketones is 1. The highest BCUT2D eigenvalue weighted by Crippen LogP contribution is 2.17. The Hall–Kier alpha value is -1.21. The number of halogens is 1. The highest BCUT2D eigenvalue weighted by Gasteiger charge is 2.14. The summed E-state index contributed by atoms with van der Waals surface area (Å²) in [6.45, 7) is 1.11. The fraction of sp³-hybridized carbons (Fsp3) is 0.583. The molecule has 0 aromatic carbocycles. The Morgan fingerprint density at radius 1 is 1.37 bits per heavy atom. The molecular weight excluding hydrogens is 316 g/mol. The standard InChI is InChI=1S/C12H17BrN2O4/c1-18-6-5-15-11(10(13)8-14-15)7-9(16)3-4-12(17)19-2/h8H,3-7H2,1-2H3. The molecule has 0 aliphatic rings. The maximum atomic E-state index is 11.8. The smallest absolute Gasteiger partial charge is 0.305 e. The summed E-state index contributed by atoms with van der Waals surface area (Å²) in [4.78, 5) is 22.8. The molecule has 0 saturated heterocycles. The molecule has 106 valence electrons. The van der Waals surface area contributed by atoms with E-state index in [0.717, 1.165) is 10.2 Å². The van der Waals surface area contributed by atoms with E-state index in [4.69, 9.17) is 4.74 Å². The SMILES string of the molecule is COCCn1ncc(Br)c1CC(=O)CCC(=O)OC. The largest absolute Gasteiger partial charge is 0.469 e. The second kappa shape index (κ2) is 8.06. The highest BCUT2D eigenvalue weighted by molar-refractivity contribution is 9.10. The first-order chi connectivity index (χ1) is 9.08. The van der Waals surface area contributed by atoms with Crippen LogP contribution in [0.3, 0.4) is 0 Å². The summed E-state index contributed by atoms with van der Waals surface area (Å²) in [5.74, 6) is -0.398. The Morgan fingerprint density at radius 2 is 2.11 bits per heavy atom. The zero-order chi connectivity index (χ0) is 14.3. The molecule has 0 spiro atoms. The third-order valence-electron chi connectivity index (χ3n) is 2.61. The van der Waals surface area contributed by atoms with Crippen LogP contribution < -0.4 is 0 Å². The van der Waals surface area contributed by atoms with Crippen LogP contribution in [0, 0.1) is 0 Å². The topological polar surface area (TPSA) is 70.4 Å². The predicted molar refractivity (Wildman–Crippen MR) is 71.8 cm³/mol. The first-order valence-corrected chi connectivity index (χ1v) is 6.65. The van der Waals surface area contributed by atoms with E-state index in [2.05, 4.69) is 25.8 Å². The van der Waals surface area contributed by atoms with Crippen molar-refractivity contribution in [2.45, 2.75) is 25.8 Å². The third-order valence-corrected chi connectivity index (χ3v) is 3.27. The molecule has 0 saturated carbocycles. The zero-order valence-corrected chi connectivity index (χ0v) is 12.6. The van der Waals surface area contributed by atoms with Crippen LogP contribution in [0.1, 0.15) is 18.5 Å². The first-order valence-electron chi connectivity index (χ1n) is 5.86. The van der Waals surface area contributed by atoms with Gasteiger partial charge in [-0.15, -0.1) is 0 Å². The van der Waals surface area contributed by atoms with Gasteiger partial charge in [-0.25, -0.2) is 0 Å². The monoisotopic (exact) mass is 332 g/mol. The Bertz CT molecular complexity index is 445. The summed E-state index contributed by atoms with van der Waals surface area (Å²) < 4.78 is 12.0. The lowest BCUT2D eigenvalue weighted by Crippen LogP contribution is -2.14. The van der Waals surface area contributed by atoms with E-state index in [1.165, 1.54) is 7.11 Å². The Balaban J connectivity index is 2.57. The van der Waals surface area contributed by atoms with E-state index in [9.17, 15) is 9.59 Å². The third kappa shape index (κ3) is 5.12. The van der Waals surface area contributed by atoms with Gasteiger partial charge in [-0.05, 0) is 15.9 Å². The van der Waals surface area contributed by atoms with Gasteiger partial charge in [-0.2, -0.15) is 5.10 Å². The van der Waals surface area contributed by atoms with Gasteiger partial charge in [0.15, 0.2) is 0 Å². The van der Waals surface area contributed by atoms with E-state index in [0.29, 0.717) is 13.2 Å². The number of hydrogen-bond donors (Lipinski definition) is 0. The van der Waals surface area contributed by atoms with Gasteiger partial charge in [0.05, 0.1) is 43.0 Å². The van der Waals surface area contributed by atoms with E-state index in [1.54, 1.807) is 18.0 Å².